The fourth-order valence-corrected chi connectivity index (χ4v) is 2.25. The largest absolute Gasteiger partial charge is 0.378 e. The standard InChI is InChI=1S/C18H23ClN2O3/c1-18(2,3)17(23)20-15(12-13-4-6-14(19)7-5-13)16(22)21-8-10-24-11-9-21/h4-7,12H,8-11H2,1-3H3,(H,20,23)/b15-12-. The molecular weight excluding hydrogens is 328 g/mol. The van der Waals surface area contributed by atoms with E-state index in [1.807, 2.05) is 0 Å². The summed E-state index contributed by atoms with van der Waals surface area (Å²) in [6.07, 6.45) is 1.68. The number of nitrogens with zero attached hydrogens (tertiary/aromatic N) is 1. The van der Waals surface area contributed by atoms with Gasteiger partial charge in [0.15, 0.2) is 0 Å². The van der Waals surface area contributed by atoms with Crippen molar-refractivity contribution in [3.05, 3.63) is 40.5 Å². The van der Waals surface area contributed by atoms with E-state index in [9.17, 15) is 9.59 Å². The fraction of sp³-hybridized carbons (Fsp3) is 0.444. The van der Waals surface area contributed by atoms with E-state index in [0.29, 0.717) is 31.3 Å². The van der Waals surface area contributed by atoms with E-state index >= 15 is 0 Å². The van der Waals surface area contributed by atoms with Gasteiger partial charge in [-0.3, -0.25) is 9.59 Å². The lowest BCUT2D eigenvalue weighted by atomic mass is 9.95. The molecule has 6 heteroatoms. The summed E-state index contributed by atoms with van der Waals surface area (Å²) >= 11 is 5.90. The first-order chi connectivity index (χ1) is 11.3. The van der Waals surface area contributed by atoms with Crippen LogP contribution in [0.25, 0.3) is 6.08 Å². The Morgan fingerprint density at radius 3 is 2.29 bits per heavy atom. The molecule has 0 bridgehead atoms. The van der Waals surface area contributed by atoms with Gasteiger partial charge in [0.1, 0.15) is 5.70 Å². The smallest absolute Gasteiger partial charge is 0.270 e. The Labute approximate surface area is 147 Å². The monoisotopic (exact) mass is 350 g/mol. The van der Waals surface area contributed by atoms with Crippen molar-refractivity contribution in [2.75, 3.05) is 26.3 Å². The van der Waals surface area contributed by atoms with Gasteiger partial charge in [0.05, 0.1) is 13.2 Å². The molecule has 130 valence electrons. The number of hydrogen-bond donors (Lipinski definition) is 1. The lowest BCUT2D eigenvalue weighted by Gasteiger charge is -2.28. The molecule has 2 amide bonds. The molecule has 0 radical (unpaired) electrons. The number of benzene rings is 1. The van der Waals surface area contributed by atoms with Crippen molar-refractivity contribution in [2.45, 2.75) is 20.8 Å². The zero-order valence-corrected chi connectivity index (χ0v) is 15.0. The highest BCUT2D eigenvalue weighted by Crippen LogP contribution is 2.17. The molecular formula is C18H23ClN2O3. The van der Waals surface area contributed by atoms with Crippen LogP contribution in [0.4, 0.5) is 0 Å². The third-order valence-electron chi connectivity index (χ3n) is 3.64. The molecule has 24 heavy (non-hydrogen) atoms. The highest BCUT2D eigenvalue weighted by Gasteiger charge is 2.27. The molecule has 1 N–H and O–H groups in total. The van der Waals surface area contributed by atoms with Crippen molar-refractivity contribution in [1.29, 1.82) is 0 Å². The predicted molar refractivity (Wildman–Crippen MR) is 94.4 cm³/mol. The van der Waals surface area contributed by atoms with Gasteiger partial charge < -0.3 is 15.0 Å². The molecule has 1 fully saturated rings. The van der Waals surface area contributed by atoms with E-state index in [4.69, 9.17) is 16.3 Å². The number of ether oxygens (including phenoxy) is 1. The Balaban J connectivity index is 2.27. The molecule has 2 rings (SSSR count). The molecule has 0 saturated carbocycles. The van der Waals surface area contributed by atoms with E-state index in [-0.39, 0.29) is 17.5 Å². The van der Waals surface area contributed by atoms with Crippen molar-refractivity contribution in [3.8, 4) is 0 Å². The number of rotatable bonds is 3. The van der Waals surface area contributed by atoms with E-state index in [2.05, 4.69) is 5.32 Å². The minimum absolute atomic E-state index is 0.203. The van der Waals surface area contributed by atoms with Gasteiger partial charge in [-0.25, -0.2) is 0 Å². The number of amides is 2. The van der Waals surface area contributed by atoms with Crippen LogP contribution in [-0.2, 0) is 14.3 Å². The van der Waals surface area contributed by atoms with Crippen LogP contribution < -0.4 is 5.32 Å². The van der Waals surface area contributed by atoms with Crippen LogP contribution in [0.3, 0.4) is 0 Å². The molecule has 1 saturated heterocycles. The molecule has 1 aliphatic rings. The lowest BCUT2D eigenvalue weighted by molar-refractivity contribution is -0.134. The first kappa shape index (κ1) is 18.5. The predicted octanol–water partition coefficient (Wildman–Crippen LogP) is 2.70. The van der Waals surface area contributed by atoms with Gasteiger partial charge in [0, 0.05) is 23.5 Å². The highest BCUT2D eigenvalue weighted by atomic mass is 35.5. The quantitative estimate of drug-likeness (QED) is 0.853. The summed E-state index contributed by atoms with van der Waals surface area (Å²) in [6.45, 7) is 7.47. The summed E-state index contributed by atoms with van der Waals surface area (Å²) in [5, 5.41) is 3.39. The maximum absolute atomic E-state index is 12.8. The van der Waals surface area contributed by atoms with Crippen LogP contribution in [0.1, 0.15) is 26.3 Å². The zero-order valence-electron chi connectivity index (χ0n) is 14.3. The number of carbonyl (C=O) groups is 2. The Morgan fingerprint density at radius 2 is 1.75 bits per heavy atom. The number of nitrogens with one attached hydrogen (secondary N) is 1. The minimum Gasteiger partial charge on any atom is -0.378 e. The molecule has 0 aliphatic carbocycles. The van der Waals surface area contributed by atoms with Crippen LogP contribution in [0.2, 0.25) is 5.02 Å². The topological polar surface area (TPSA) is 58.6 Å². The Hall–Kier alpha value is -1.85. The molecule has 0 spiro atoms. The summed E-state index contributed by atoms with van der Waals surface area (Å²) in [5.74, 6) is -0.407. The first-order valence-corrected chi connectivity index (χ1v) is 8.31. The molecule has 0 unspecified atom stereocenters. The van der Waals surface area contributed by atoms with Crippen LogP contribution >= 0.6 is 11.6 Å². The summed E-state index contributed by atoms with van der Waals surface area (Å²) in [5.41, 5.74) is 0.467. The minimum atomic E-state index is -0.593. The van der Waals surface area contributed by atoms with Crippen molar-refractivity contribution in [1.82, 2.24) is 10.2 Å². The summed E-state index contributed by atoms with van der Waals surface area (Å²) in [6, 6.07) is 7.10. The average Bonchev–Trinajstić information content (AvgIpc) is 2.55. The SMILES string of the molecule is CC(C)(C)C(=O)N/C(=C\c1ccc(Cl)cc1)C(=O)N1CCOCC1. The third kappa shape index (κ3) is 5.08. The van der Waals surface area contributed by atoms with Gasteiger partial charge in [0.25, 0.3) is 5.91 Å². The maximum Gasteiger partial charge on any atom is 0.270 e. The van der Waals surface area contributed by atoms with Crippen molar-refractivity contribution < 1.29 is 14.3 Å². The second-order valence-corrected chi connectivity index (χ2v) is 7.15. The Kier molecular flexibility index (Phi) is 6.02. The lowest BCUT2D eigenvalue weighted by Crippen LogP contribution is -2.46. The molecule has 1 aliphatic heterocycles. The highest BCUT2D eigenvalue weighted by molar-refractivity contribution is 6.30. The molecule has 1 aromatic rings. The normalized spacial score (nSPS) is 16.0. The van der Waals surface area contributed by atoms with Gasteiger partial charge in [-0.05, 0) is 23.8 Å². The van der Waals surface area contributed by atoms with Crippen LogP contribution in [0, 0.1) is 5.41 Å². The molecule has 0 atom stereocenters. The van der Waals surface area contributed by atoms with E-state index < -0.39 is 5.41 Å². The Morgan fingerprint density at radius 1 is 1.17 bits per heavy atom. The first-order valence-electron chi connectivity index (χ1n) is 7.93. The summed E-state index contributed by atoms with van der Waals surface area (Å²) < 4.78 is 5.28. The average molecular weight is 351 g/mol. The van der Waals surface area contributed by atoms with Gasteiger partial charge in [-0.15, -0.1) is 0 Å². The van der Waals surface area contributed by atoms with Crippen LogP contribution in [0.5, 0.6) is 0 Å². The van der Waals surface area contributed by atoms with E-state index in [1.165, 1.54) is 0 Å². The van der Waals surface area contributed by atoms with Crippen LogP contribution in [-0.4, -0.2) is 43.0 Å². The van der Waals surface area contributed by atoms with Gasteiger partial charge in [0.2, 0.25) is 5.91 Å². The van der Waals surface area contributed by atoms with E-state index in [1.54, 1.807) is 56.0 Å². The Bertz CT molecular complexity index is 627. The number of carbonyl (C=O) groups excluding carboxylic acids is 2. The second kappa shape index (κ2) is 7.81. The third-order valence-corrected chi connectivity index (χ3v) is 3.89. The maximum atomic E-state index is 12.8. The second-order valence-electron chi connectivity index (χ2n) is 6.72. The van der Waals surface area contributed by atoms with Crippen molar-refractivity contribution in [2.24, 2.45) is 5.41 Å². The number of hydrogen-bond acceptors (Lipinski definition) is 3. The molecule has 5 nitrogen and oxygen atoms in total. The number of halogens is 1. The van der Waals surface area contributed by atoms with Gasteiger partial charge >= 0.3 is 0 Å². The van der Waals surface area contributed by atoms with Crippen LogP contribution in [0.15, 0.2) is 30.0 Å². The summed E-state index contributed by atoms with van der Waals surface area (Å²) in [7, 11) is 0. The zero-order chi connectivity index (χ0) is 17.7. The molecule has 1 aromatic carbocycles. The van der Waals surface area contributed by atoms with E-state index in [0.717, 1.165) is 5.56 Å². The van der Waals surface area contributed by atoms with Gasteiger partial charge in [-0.1, -0.05) is 44.5 Å². The van der Waals surface area contributed by atoms with Crippen molar-refractivity contribution >= 4 is 29.5 Å². The summed E-state index contributed by atoms with van der Waals surface area (Å²) in [4.78, 5) is 26.8. The number of morpholine rings is 1. The molecule has 0 aromatic heterocycles. The fourth-order valence-electron chi connectivity index (χ4n) is 2.12. The molecule has 1 heterocycles. The van der Waals surface area contributed by atoms with Gasteiger partial charge in [-0.2, -0.15) is 0 Å². The van der Waals surface area contributed by atoms with Crippen molar-refractivity contribution in [3.63, 3.8) is 0 Å².